The van der Waals surface area contributed by atoms with Crippen LogP contribution < -0.4 is 5.32 Å². The molecule has 0 saturated heterocycles. The lowest BCUT2D eigenvalue weighted by molar-refractivity contribution is -0.158. The van der Waals surface area contributed by atoms with E-state index in [4.69, 9.17) is 16.3 Å². The number of unbranched alkanes of at least 4 members (excludes halogenated alkanes) is 1. The molecule has 0 bridgehead atoms. The molecule has 1 unspecified atom stereocenters. The second kappa shape index (κ2) is 12.8. The topological polar surface area (TPSA) is 110 Å². The molecule has 0 fully saturated rings. The average Bonchev–Trinajstić information content (AvgIpc) is 3.35. The van der Waals surface area contributed by atoms with Gasteiger partial charge in [-0.1, -0.05) is 55.3 Å². The zero-order valence-corrected chi connectivity index (χ0v) is 25.4. The number of rotatable bonds is 9. The maximum absolute atomic E-state index is 13.7. The minimum atomic E-state index is -0.883. The molecule has 43 heavy (non-hydrogen) atoms. The van der Waals surface area contributed by atoms with Crippen LogP contribution in [0.5, 0.6) is 0 Å². The Labute approximate surface area is 255 Å². The molecule has 4 aromatic rings. The van der Waals surface area contributed by atoms with Crippen LogP contribution in [-0.2, 0) is 14.3 Å². The lowest BCUT2D eigenvalue weighted by Crippen LogP contribution is -2.38. The molecule has 2 N–H and O–H groups in total. The number of aryl methyl sites for hydroxylation is 1. The molecule has 10 heteroatoms. The van der Waals surface area contributed by atoms with Crippen LogP contribution in [0.25, 0.3) is 22.4 Å². The third kappa shape index (κ3) is 5.78. The first-order valence-corrected chi connectivity index (χ1v) is 14.7. The number of aromatic nitrogens is 3. The Morgan fingerprint density at radius 3 is 2.53 bits per heavy atom. The van der Waals surface area contributed by atoms with Crippen LogP contribution >= 0.6 is 11.6 Å². The van der Waals surface area contributed by atoms with Crippen molar-refractivity contribution in [2.75, 3.05) is 6.61 Å². The molecule has 2 aromatic heterocycles. The molecule has 222 valence electrons. The quantitative estimate of drug-likeness (QED) is 0.125. The number of hydrogen-bond donors (Lipinski definition) is 2. The Kier molecular flexibility index (Phi) is 8.94. The van der Waals surface area contributed by atoms with E-state index in [-0.39, 0.29) is 24.3 Å². The number of dihydropyridines is 1. The van der Waals surface area contributed by atoms with E-state index in [0.717, 1.165) is 29.0 Å². The molecule has 0 saturated carbocycles. The Morgan fingerprint density at radius 1 is 1.09 bits per heavy atom. The predicted molar refractivity (Wildman–Crippen MR) is 165 cm³/mol. The maximum atomic E-state index is 13.7. The summed E-state index contributed by atoms with van der Waals surface area (Å²) in [4.78, 5) is 35.6. The molecule has 2 aromatic carbocycles. The van der Waals surface area contributed by atoms with Crippen LogP contribution in [-0.4, -0.2) is 43.3 Å². The van der Waals surface area contributed by atoms with E-state index in [2.05, 4.69) is 15.3 Å². The van der Waals surface area contributed by atoms with Crippen molar-refractivity contribution in [3.8, 4) is 5.69 Å². The van der Waals surface area contributed by atoms with Crippen molar-refractivity contribution < 1.29 is 19.5 Å². The van der Waals surface area contributed by atoms with Crippen molar-refractivity contribution >= 4 is 40.2 Å². The van der Waals surface area contributed by atoms with Gasteiger partial charge in [-0.2, -0.15) is 5.06 Å². The minimum absolute atomic E-state index is 0.141. The van der Waals surface area contributed by atoms with Crippen molar-refractivity contribution in [2.45, 2.75) is 52.9 Å². The fourth-order valence-electron chi connectivity index (χ4n) is 5.49. The number of hydroxylamine groups is 2. The number of halogens is 1. The van der Waals surface area contributed by atoms with Crippen molar-refractivity contribution in [1.82, 2.24) is 24.9 Å². The van der Waals surface area contributed by atoms with Crippen LogP contribution in [0.2, 0.25) is 5.02 Å². The maximum Gasteiger partial charge on any atom is 0.337 e. The molecule has 0 radical (unpaired) electrons. The number of allylic oxidation sites excluding steroid dienone is 2. The summed E-state index contributed by atoms with van der Waals surface area (Å²) in [6, 6.07) is 16.7. The highest BCUT2D eigenvalue weighted by atomic mass is 35.5. The highest BCUT2D eigenvalue weighted by Gasteiger charge is 2.40. The van der Waals surface area contributed by atoms with E-state index in [1.54, 1.807) is 50.5 Å². The van der Waals surface area contributed by atoms with Gasteiger partial charge in [0, 0.05) is 29.0 Å². The van der Waals surface area contributed by atoms with Gasteiger partial charge in [-0.25, -0.2) is 9.78 Å². The third-order valence-corrected chi connectivity index (χ3v) is 7.83. The summed E-state index contributed by atoms with van der Waals surface area (Å²) in [5, 5.41) is 15.6. The number of imidazole rings is 1. The fourth-order valence-corrected chi connectivity index (χ4v) is 5.73. The van der Waals surface area contributed by atoms with Gasteiger partial charge < -0.3 is 10.1 Å². The number of ether oxygens (including phenoxy) is 1. The SMILES string of the molecule is CCCCC(=O)N(O)C1=C(C)NC(c2ccc(-n3c(C)nc4cnccc43)cc2)=C(C(=O)OCC)C1c1ccccc1Cl. The van der Waals surface area contributed by atoms with E-state index in [9.17, 15) is 14.8 Å². The summed E-state index contributed by atoms with van der Waals surface area (Å²) in [5.74, 6) is -1.12. The zero-order chi connectivity index (χ0) is 30.7. The van der Waals surface area contributed by atoms with Gasteiger partial charge in [0.15, 0.2) is 0 Å². The molecule has 1 atom stereocenters. The molecular formula is C33H34ClN5O4. The number of nitrogens with one attached hydrogen (secondary N) is 1. The number of fused-ring (bicyclic) bond motifs is 1. The first-order chi connectivity index (χ1) is 20.8. The number of hydrogen-bond acceptors (Lipinski definition) is 7. The van der Waals surface area contributed by atoms with Crippen molar-refractivity contribution in [3.05, 3.63) is 106 Å². The minimum Gasteiger partial charge on any atom is -0.463 e. The largest absolute Gasteiger partial charge is 0.463 e. The average molecular weight is 600 g/mol. The smallest absolute Gasteiger partial charge is 0.337 e. The normalized spacial score (nSPS) is 15.1. The summed E-state index contributed by atoms with van der Waals surface area (Å²) >= 11 is 6.70. The van der Waals surface area contributed by atoms with E-state index >= 15 is 0 Å². The molecule has 3 heterocycles. The van der Waals surface area contributed by atoms with Crippen molar-refractivity contribution in [2.24, 2.45) is 0 Å². The number of pyridine rings is 1. The summed E-state index contributed by atoms with van der Waals surface area (Å²) in [6.45, 7) is 7.55. The first-order valence-electron chi connectivity index (χ1n) is 14.3. The summed E-state index contributed by atoms with van der Waals surface area (Å²) in [6.07, 6.45) is 5.03. The second-order valence-corrected chi connectivity index (χ2v) is 10.7. The monoisotopic (exact) mass is 599 g/mol. The van der Waals surface area contributed by atoms with E-state index in [0.29, 0.717) is 39.0 Å². The molecule has 9 nitrogen and oxygen atoms in total. The molecular weight excluding hydrogens is 566 g/mol. The lowest BCUT2D eigenvalue weighted by atomic mass is 9.82. The van der Waals surface area contributed by atoms with Crippen LogP contribution in [0.4, 0.5) is 0 Å². The van der Waals surface area contributed by atoms with Gasteiger partial charge in [0.25, 0.3) is 0 Å². The molecule has 1 aliphatic heterocycles. The first kappa shape index (κ1) is 30.0. The molecule has 0 spiro atoms. The molecule has 5 rings (SSSR count). The van der Waals surface area contributed by atoms with Crippen molar-refractivity contribution in [1.29, 1.82) is 0 Å². The molecule has 1 amide bonds. The number of carbonyl (C=O) groups is 2. The van der Waals surface area contributed by atoms with Crippen LogP contribution in [0.1, 0.15) is 62.9 Å². The van der Waals surface area contributed by atoms with Crippen LogP contribution in [0, 0.1) is 6.92 Å². The van der Waals surface area contributed by atoms with E-state index < -0.39 is 17.8 Å². The Hall–Kier alpha value is -4.47. The Bertz CT molecular complexity index is 1740. The standard InChI is InChI=1S/C33H34ClN5O4/c1-5-7-12-28(40)39(42)32-20(3)36-31(30(33(41)43-6-2)29(32)24-10-8-9-11-25(24)34)22-13-15-23(16-14-22)38-21(4)37-26-19-35-18-17-27(26)38/h8-11,13-19,29,36,42H,5-7,12H2,1-4H3. The van der Waals surface area contributed by atoms with Gasteiger partial charge in [-0.05, 0) is 62.6 Å². The van der Waals surface area contributed by atoms with E-state index in [1.807, 2.05) is 48.7 Å². The summed E-state index contributed by atoms with van der Waals surface area (Å²) in [7, 11) is 0. The number of nitrogens with zero attached hydrogens (tertiary/aromatic N) is 4. The van der Waals surface area contributed by atoms with Gasteiger partial charge in [-0.3, -0.25) is 19.6 Å². The van der Waals surface area contributed by atoms with E-state index in [1.165, 1.54) is 0 Å². The Morgan fingerprint density at radius 2 is 1.84 bits per heavy atom. The van der Waals surface area contributed by atoms with Gasteiger partial charge in [0.2, 0.25) is 5.91 Å². The Balaban J connectivity index is 1.67. The summed E-state index contributed by atoms with van der Waals surface area (Å²) in [5.41, 5.74) is 5.37. The van der Waals surface area contributed by atoms with Gasteiger partial charge in [0.05, 0.1) is 41.2 Å². The van der Waals surface area contributed by atoms with Crippen LogP contribution in [0.3, 0.4) is 0 Å². The number of benzene rings is 2. The van der Waals surface area contributed by atoms with Crippen LogP contribution in [0.15, 0.2) is 84.0 Å². The summed E-state index contributed by atoms with van der Waals surface area (Å²) < 4.78 is 7.59. The molecule has 1 aliphatic rings. The third-order valence-electron chi connectivity index (χ3n) is 7.49. The number of carbonyl (C=O) groups excluding carboxylic acids is 2. The van der Waals surface area contributed by atoms with Gasteiger partial charge in [0.1, 0.15) is 11.3 Å². The van der Waals surface area contributed by atoms with Crippen molar-refractivity contribution in [3.63, 3.8) is 0 Å². The fraction of sp³-hybridized carbons (Fsp3) is 0.273. The molecule has 0 aliphatic carbocycles. The van der Waals surface area contributed by atoms with Gasteiger partial charge in [-0.15, -0.1) is 0 Å². The highest BCUT2D eigenvalue weighted by molar-refractivity contribution is 6.31. The lowest BCUT2D eigenvalue weighted by Gasteiger charge is -2.35. The highest BCUT2D eigenvalue weighted by Crippen LogP contribution is 2.44. The predicted octanol–water partition coefficient (Wildman–Crippen LogP) is 6.68. The number of esters is 1. The van der Waals surface area contributed by atoms with Gasteiger partial charge >= 0.3 is 5.97 Å². The second-order valence-electron chi connectivity index (χ2n) is 10.3. The zero-order valence-electron chi connectivity index (χ0n) is 24.6. The number of amides is 1.